The molecule has 0 aliphatic rings. The van der Waals surface area contributed by atoms with Gasteiger partial charge in [0.15, 0.2) is 0 Å². The van der Waals surface area contributed by atoms with Crippen LogP contribution in [0, 0.1) is 5.82 Å². The van der Waals surface area contributed by atoms with E-state index in [1.165, 1.54) is 11.6 Å². The van der Waals surface area contributed by atoms with Gasteiger partial charge >= 0.3 is 0 Å². The molecule has 1 heterocycles. The fourth-order valence-electron chi connectivity index (χ4n) is 2.32. The maximum atomic E-state index is 13.5. The summed E-state index contributed by atoms with van der Waals surface area (Å²) in [6.45, 7) is 3.09. The van der Waals surface area contributed by atoms with E-state index in [1.807, 2.05) is 18.2 Å². The van der Waals surface area contributed by atoms with Gasteiger partial charge in [0.1, 0.15) is 5.82 Å². The minimum absolute atomic E-state index is 0.172. The van der Waals surface area contributed by atoms with Crippen molar-refractivity contribution in [1.29, 1.82) is 0 Å². The van der Waals surface area contributed by atoms with E-state index in [-0.39, 0.29) is 16.9 Å². The number of benzene rings is 1. The van der Waals surface area contributed by atoms with Crippen molar-refractivity contribution in [3.63, 3.8) is 0 Å². The van der Waals surface area contributed by atoms with Crippen LogP contribution in [0.15, 0.2) is 42.7 Å². The number of nitrogens with one attached hydrogen (secondary N) is 1. The highest BCUT2D eigenvalue weighted by Gasteiger charge is 2.11. The molecule has 1 aromatic heterocycles. The van der Waals surface area contributed by atoms with Crippen molar-refractivity contribution in [2.24, 2.45) is 0 Å². The SMILES string of the molecule is CCCNC(Cc1ccncc1)Cc1ccc(Cl)c(F)c1. The van der Waals surface area contributed by atoms with Gasteiger partial charge in [-0.15, -0.1) is 0 Å². The van der Waals surface area contributed by atoms with E-state index < -0.39 is 0 Å². The largest absolute Gasteiger partial charge is 0.313 e. The van der Waals surface area contributed by atoms with Gasteiger partial charge in [0.25, 0.3) is 0 Å². The van der Waals surface area contributed by atoms with Crippen molar-refractivity contribution in [2.75, 3.05) is 6.54 Å². The van der Waals surface area contributed by atoms with Crippen LogP contribution in [0.3, 0.4) is 0 Å². The van der Waals surface area contributed by atoms with E-state index in [0.29, 0.717) is 0 Å². The summed E-state index contributed by atoms with van der Waals surface area (Å²) < 4.78 is 13.5. The first-order chi connectivity index (χ1) is 10.2. The average Bonchev–Trinajstić information content (AvgIpc) is 2.49. The quantitative estimate of drug-likeness (QED) is 0.835. The summed E-state index contributed by atoms with van der Waals surface area (Å²) in [6, 6.07) is 9.34. The fourth-order valence-corrected chi connectivity index (χ4v) is 2.44. The van der Waals surface area contributed by atoms with Crippen molar-refractivity contribution >= 4 is 11.6 Å². The van der Waals surface area contributed by atoms with Crippen molar-refractivity contribution in [2.45, 2.75) is 32.2 Å². The van der Waals surface area contributed by atoms with Crippen LogP contribution in [0.2, 0.25) is 5.02 Å². The van der Waals surface area contributed by atoms with Crippen LogP contribution < -0.4 is 5.32 Å². The molecule has 1 aromatic carbocycles. The molecule has 0 radical (unpaired) electrons. The Morgan fingerprint density at radius 1 is 1.14 bits per heavy atom. The Hall–Kier alpha value is -1.45. The van der Waals surface area contributed by atoms with Gasteiger partial charge in [-0.3, -0.25) is 4.98 Å². The highest BCUT2D eigenvalue weighted by Crippen LogP contribution is 2.17. The van der Waals surface area contributed by atoms with Gasteiger partial charge in [0.05, 0.1) is 5.02 Å². The zero-order valence-corrected chi connectivity index (χ0v) is 12.9. The number of aromatic nitrogens is 1. The lowest BCUT2D eigenvalue weighted by atomic mass is 9.99. The van der Waals surface area contributed by atoms with Crippen LogP contribution in [0.4, 0.5) is 4.39 Å². The van der Waals surface area contributed by atoms with Crippen LogP contribution >= 0.6 is 11.6 Å². The molecule has 0 saturated heterocycles. The molecule has 1 unspecified atom stereocenters. The Labute approximate surface area is 130 Å². The molecule has 0 spiro atoms. The summed E-state index contributed by atoms with van der Waals surface area (Å²) in [5, 5.41) is 3.70. The highest BCUT2D eigenvalue weighted by atomic mass is 35.5. The Balaban J connectivity index is 2.06. The molecule has 0 saturated carbocycles. The second-order valence-corrected chi connectivity index (χ2v) is 5.57. The normalized spacial score (nSPS) is 12.3. The summed E-state index contributed by atoms with van der Waals surface area (Å²) in [4.78, 5) is 4.04. The van der Waals surface area contributed by atoms with E-state index in [9.17, 15) is 4.39 Å². The molecule has 0 aliphatic carbocycles. The fraction of sp³-hybridized carbons (Fsp3) is 0.353. The standard InChI is InChI=1S/C17H20ClFN2/c1-2-7-21-15(10-13-5-8-20-9-6-13)11-14-3-4-16(18)17(19)12-14/h3-6,8-9,12,15,21H,2,7,10-11H2,1H3. The molecule has 1 atom stereocenters. The predicted octanol–water partition coefficient (Wildman–Crippen LogP) is 4.03. The second kappa shape index (κ2) is 8.11. The molecule has 0 bridgehead atoms. The Morgan fingerprint density at radius 3 is 2.52 bits per heavy atom. The lowest BCUT2D eigenvalue weighted by molar-refractivity contribution is 0.503. The molecule has 0 aliphatic heterocycles. The molecule has 4 heteroatoms. The van der Waals surface area contributed by atoms with Gasteiger partial charge in [-0.05, 0) is 61.2 Å². The van der Waals surface area contributed by atoms with Crippen molar-refractivity contribution < 1.29 is 4.39 Å². The Kier molecular flexibility index (Phi) is 6.15. The summed E-state index contributed by atoms with van der Waals surface area (Å²) >= 11 is 5.73. The summed E-state index contributed by atoms with van der Waals surface area (Å²) in [7, 11) is 0. The monoisotopic (exact) mass is 306 g/mol. The number of hydrogen-bond donors (Lipinski definition) is 1. The predicted molar refractivity (Wildman–Crippen MR) is 85.1 cm³/mol. The van der Waals surface area contributed by atoms with Gasteiger partial charge in [0.2, 0.25) is 0 Å². The summed E-state index contributed by atoms with van der Waals surface area (Å²) in [5.41, 5.74) is 2.19. The van der Waals surface area contributed by atoms with E-state index in [2.05, 4.69) is 17.2 Å². The first-order valence-corrected chi connectivity index (χ1v) is 7.63. The first-order valence-electron chi connectivity index (χ1n) is 7.25. The number of pyridine rings is 1. The third-order valence-corrected chi connectivity index (χ3v) is 3.69. The van der Waals surface area contributed by atoms with Gasteiger partial charge in [-0.2, -0.15) is 0 Å². The zero-order chi connectivity index (χ0) is 15.1. The maximum Gasteiger partial charge on any atom is 0.142 e. The van der Waals surface area contributed by atoms with E-state index in [1.54, 1.807) is 18.5 Å². The maximum absolute atomic E-state index is 13.5. The first kappa shape index (κ1) is 15.9. The zero-order valence-electron chi connectivity index (χ0n) is 12.2. The molecule has 2 aromatic rings. The molecule has 2 nitrogen and oxygen atoms in total. The minimum Gasteiger partial charge on any atom is -0.313 e. The van der Waals surface area contributed by atoms with Gasteiger partial charge < -0.3 is 5.32 Å². The number of nitrogens with zero attached hydrogens (tertiary/aromatic N) is 1. The highest BCUT2D eigenvalue weighted by molar-refractivity contribution is 6.30. The second-order valence-electron chi connectivity index (χ2n) is 5.16. The molecule has 0 amide bonds. The van der Waals surface area contributed by atoms with Crippen LogP contribution in [0.25, 0.3) is 0 Å². The summed E-state index contributed by atoms with van der Waals surface area (Å²) in [6.07, 6.45) is 6.34. The molecule has 2 rings (SSSR count). The van der Waals surface area contributed by atoms with Gasteiger partial charge in [-0.1, -0.05) is 24.6 Å². The third-order valence-electron chi connectivity index (χ3n) is 3.38. The molecule has 21 heavy (non-hydrogen) atoms. The van der Waals surface area contributed by atoms with E-state index in [4.69, 9.17) is 11.6 Å². The van der Waals surface area contributed by atoms with Crippen LogP contribution in [-0.4, -0.2) is 17.6 Å². The number of rotatable bonds is 7. The van der Waals surface area contributed by atoms with Gasteiger partial charge in [-0.25, -0.2) is 4.39 Å². The lowest BCUT2D eigenvalue weighted by Gasteiger charge is -2.19. The van der Waals surface area contributed by atoms with Crippen LogP contribution in [-0.2, 0) is 12.8 Å². The molecule has 1 N–H and O–H groups in total. The summed E-state index contributed by atoms with van der Waals surface area (Å²) in [5.74, 6) is -0.354. The lowest BCUT2D eigenvalue weighted by Crippen LogP contribution is -2.33. The molecular formula is C17H20ClFN2. The van der Waals surface area contributed by atoms with E-state index >= 15 is 0 Å². The third kappa shape index (κ3) is 5.10. The number of hydrogen-bond acceptors (Lipinski definition) is 2. The van der Waals surface area contributed by atoms with E-state index in [0.717, 1.165) is 31.4 Å². The minimum atomic E-state index is -0.354. The Morgan fingerprint density at radius 2 is 1.86 bits per heavy atom. The van der Waals surface area contributed by atoms with Crippen molar-refractivity contribution in [3.05, 3.63) is 64.7 Å². The molecular weight excluding hydrogens is 287 g/mol. The molecule has 0 fully saturated rings. The van der Waals surface area contributed by atoms with Crippen LogP contribution in [0.1, 0.15) is 24.5 Å². The Bertz CT molecular complexity index is 560. The smallest absolute Gasteiger partial charge is 0.142 e. The topological polar surface area (TPSA) is 24.9 Å². The van der Waals surface area contributed by atoms with Crippen molar-refractivity contribution in [1.82, 2.24) is 10.3 Å². The van der Waals surface area contributed by atoms with Crippen molar-refractivity contribution in [3.8, 4) is 0 Å². The van der Waals surface area contributed by atoms with Gasteiger partial charge in [0, 0.05) is 18.4 Å². The average molecular weight is 307 g/mol. The number of halogens is 2. The van der Waals surface area contributed by atoms with Crippen LogP contribution in [0.5, 0.6) is 0 Å². The molecule has 112 valence electrons.